The minimum Gasteiger partial charge on any atom is -0.480 e. The molecular weight excluding hydrogens is 330 g/mol. The maximum Gasteiger partial charge on any atom is 0.326 e. The molecule has 7 heteroatoms. The molecule has 2 N–H and O–H groups in total. The van der Waals surface area contributed by atoms with Gasteiger partial charge in [-0.15, -0.1) is 0 Å². The van der Waals surface area contributed by atoms with Gasteiger partial charge in [-0.3, -0.25) is 9.48 Å². The van der Waals surface area contributed by atoms with Crippen molar-refractivity contribution in [1.82, 2.24) is 15.1 Å². The molecule has 0 spiro atoms. The highest BCUT2D eigenvalue weighted by molar-refractivity contribution is 6.31. The molecule has 1 heterocycles. The van der Waals surface area contributed by atoms with E-state index >= 15 is 0 Å². The Morgan fingerprint density at radius 1 is 1.33 bits per heavy atom. The number of carboxylic acid groups (broad SMARTS) is 1. The van der Waals surface area contributed by atoms with Crippen LogP contribution in [0.25, 0.3) is 0 Å². The molecular formula is C17H20ClN3O3. The van der Waals surface area contributed by atoms with Gasteiger partial charge < -0.3 is 10.4 Å². The largest absolute Gasteiger partial charge is 0.480 e. The predicted octanol–water partition coefficient (Wildman–Crippen LogP) is 2.81. The van der Waals surface area contributed by atoms with Gasteiger partial charge in [-0.2, -0.15) is 5.10 Å². The SMILES string of the molecule is CC(C)C[C@H](NC(=O)c1cnn(Cc2ccccc2Cl)c1)C(=O)O. The molecule has 0 aliphatic heterocycles. The van der Waals surface area contributed by atoms with Gasteiger partial charge in [0.05, 0.1) is 18.3 Å². The highest BCUT2D eigenvalue weighted by atomic mass is 35.5. The number of nitrogens with one attached hydrogen (secondary N) is 1. The van der Waals surface area contributed by atoms with Crippen LogP contribution in [0, 0.1) is 5.92 Å². The third-order valence-electron chi connectivity index (χ3n) is 3.50. The molecule has 1 aromatic carbocycles. The smallest absolute Gasteiger partial charge is 0.326 e. The summed E-state index contributed by atoms with van der Waals surface area (Å²) in [5.74, 6) is -1.33. The highest BCUT2D eigenvalue weighted by Crippen LogP contribution is 2.16. The Bertz CT molecular complexity index is 727. The van der Waals surface area contributed by atoms with E-state index in [0.29, 0.717) is 23.6 Å². The number of hydrogen-bond donors (Lipinski definition) is 2. The first-order valence-corrected chi connectivity index (χ1v) is 8.04. The Balaban J connectivity index is 2.05. The van der Waals surface area contributed by atoms with Gasteiger partial charge >= 0.3 is 5.97 Å². The molecule has 1 atom stereocenters. The summed E-state index contributed by atoms with van der Waals surface area (Å²) in [5.41, 5.74) is 1.20. The number of aliphatic carboxylic acids is 1. The molecule has 2 rings (SSSR count). The van der Waals surface area contributed by atoms with E-state index in [9.17, 15) is 14.7 Å². The van der Waals surface area contributed by atoms with Gasteiger partial charge in [0.2, 0.25) is 0 Å². The summed E-state index contributed by atoms with van der Waals surface area (Å²) in [6, 6.07) is 6.48. The summed E-state index contributed by atoms with van der Waals surface area (Å²) in [4.78, 5) is 23.5. The van der Waals surface area contributed by atoms with Crippen LogP contribution < -0.4 is 5.32 Å². The van der Waals surface area contributed by atoms with Crippen molar-refractivity contribution in [3.63, 3.8) is 0 Å². The maximum absolute atomic E-state index is 12.2. The zero-order valence-corrected chi connectivity index (χ0v) is 14.3. The molecule has 0 fully saturated rings. The number of carboxylic acids is 1. The van der Waals surface area contributed by atoms with Crippen molar-refractivity contribution < 1.29 is 14.7 Å². The lowest BCUT2D eigenvalue weighted by atomic mass is 10.0. The summed E-state index contributed by atoms with van der Waals surface area (Å²) in [5, 5.41) is 16.5. The van der Waals surface area contributed by atoms with E-state index in [1.54, 1.807) is 16.9 Å². The van der Waals surface area contributed by atoms with Crippen LogP contribution >= 0.6 is 11.6 Å². The highest BCUT2D eigenvalue weighted by Gasteiger charge is 2.22. The molecule has 0 saturated heterocycles. The Hall–Kier alpha value is -2.34. The summed E-state index contributed by atoms with van der Waals surface area (Å²) in [6.07, 6.45) is 3.36. The van der Waals surface area contributed by atoms with Gasteiger partial charge in [-0.05, 0) is 24.0 Å². The number of benzene rings is 1. The van der Waals surface area contributed by atoms with Gasteiger partial charge in [-0.25, -0.2) is 4.79 Å². The fourth-order valence-corrected chi connectivity index (χ4v) is 2.50. The van der Waals surface area contributed by atoms with Crippen molar-refractivity contribution in [2.24, 2.45) is 5.92 Å². The normalized spacial score (nSPS) is 12.2. The minimum absolute atomic E-state index is 0.161. The van der Waals surface area contributed by atoms with Crippen LogP contribution in [0.3, 0.4) is 0 Å². The molecule has 6 nitrogen and oxygen atoms in total. The summed E-state index contributed by atoms with van der Waals surface area (Å²) in [6.45, 7) is 4.24. The monoisotopic (exact) mass is 349 g/mol. The number of carbonyl (C=O) groups excluding carboxylic acids is 1. The van der Waals surface area contributed by atoms with Crippen molar-refractivity contribution in [3.8, 4) is 0 Å². The van der Waals surface area contributed by atoms with Crippen LogP contribution in [0.1, 0.15) is 36.2 Å². The van der Waals surface area contributed by atoms with E-state index in [4.69, 9.17) is 11.6 Å². The van der Waals surface area contributed by atoms with Crippen LogP contribution in [0.4, 0.5) is 0 Å². The molecule has 0 radical (unpaired) electrons. The maximum atomic E-state index is 12.2. The fourth-order valence-electron chi connectivity index (χ4n) is 2.30. The van der Waals surface area contributed by atoms with Crippen molar-refractivity contribution in [2.45, 2.75) is 32.9 Å². The van der Waals surface area contributed by atoms with Crippen LogP contribution in [-0.2, 0) is 11.3 Å². The van der Waals surface area contributed by atoms with Crippen molar-refractivity contribution in [3.05, 3.63) is 52.8 Å². The molecule has 1 aromatic heterocycles. The number of aromatic nitrogens is 2. The molecule has 0 aliphatic carbocycles. The second-order valence-electron chi connectivity index (χ2n) is 6.01. The van der Waals surface area contributed by atoms with Gasteiger partial charge in [-0.1, -0.05) is 43.6 Å². The summed E-state index contributed by atoms with van der Waals surface area (Å²) >= 11 is 6.11. The second-order valence-corrected chi connectivity index (χ2v) is 6.42. The summed E-state index contributed by atoms with van der Waals surface area (Å²) in [7, 11) is 0. The lowest BCUT2D eigenvalue weighted by Crippen LogP contribution is -2.41. The first-order chi connectivity index (χ1) is 11.4. The van der Waals surface area contributed by atoms with Crippen LogP contribution in [0.15, 0.2) is 36.7 Å². The molecule has 24 heavy (non-hydrogen) atoms. The third kappa shape index (κ3) is 4.83. The quantitative estimate of drug-likeness (QED) is 0.805. The van der Waals surface area contributed by atoms with E-state index < -0.39 is 17.9 Å². The summed E-state index contributed by atoms with van der Waals surface area (Å²) < 4.78 is 1.59. The fraction of sp³-hybridized carbons (Fsp3) is 0.353. The second kappa shape index (κ2) is 7.97. The Labute approximate surface area is 145 Å². The zero-order chi connectivity index (χ0) is 17.7. The molecule has 1 amide bonds. The average Bonchev–Trinajstić information content (AvgIpc) is 2.97. The van der Waals surface area contributed by atoms with E-state index in [1.165, 1.54) is 6.20 Å². The van der Waals surface area contributed by atoms with E-state index in [0.717, 1.165) is 5.56 Å². The third-order valence-corrected chi connectivity index (χ3v) is 3.86. The first-order valence-electron chi connectivity index (χ1n) is 7.66. The number of hydrogen-bond acceptors (Lipinski definition) is 3. The van der Waals surface area contributed by atoms with Crippen LogP contribution in [0.5, 0.6) is 0 Å². The first kappa shape index (κ1) is 18.0. The van der Waals surface area contributed by atoms with Gasteiger partial charge in [0, 0.05) is 11.2 Å². The lowest BCUT2D eigenvalue weighted by molar-refractivity contribution is -0.139. The van der Waals surface area contributed by atoms with Gasteiger partial charge in [0.25, 0.3) is 5.91 Å². The van der Waals surface area contributed by atoms with Crippen LogP contribution in [-0.4, -0.2) is 32.8 Å². The number of nitrogens with zero attached hydrogens (tertiary/aromatic N) is 2. The van der Waals surface area contributed by atoms with E-state index in [1.807, 2.05) is 32.0 Å². The Kier molecular flexibility index (Phi) is 5.98. The number of carbonyl (C=O) groups is 2. The van der Waals surface area contributed by atoms with Crippen molar-refractivity contribution >= 4 is 23.5 Å². The average molecular weight is 350 g/mol. The molecule has 2 aromatic rings. The minimum atomic E-state index is -1.04. The van der Waals surface area contributed by atoms with E-state index in [-0.39, 0.29) is 5.92 Å². The standard InChI is InChI=1S/C17H20ClN3O3/c1-11(2)7-15(17(23)24)20-16(22)13-8-19-21(10-13)9-12-5-3-4-6-14(12)18/h3-6,8,10-11,15H,7,9H2,1-2H3,(H,20,22)(H,23,24)/t15-/m0/s1. The topological polar surface area (TPSA) is 84.2 Å². The molecule has 0 saturated carbocycles. The van der Waals surface area contributed by atoms with Gasteiger partial charge in [0.1, 0.15) is 6.04 Å². The van der Waals surface area contributed by atoms with E-state index in [2.05, 4.69) is 10.4 Å². The zero-order valence-electron chi connectivity index (χ0n) is 13.6. The van der Waals surface area contributed by atoms with Crippen molar-refractivity contribution in [2.75, 3.05) is 0 Å². The Morgan fingerprint density at radius 2 is 2.04 bits per heavy atom. The Morgan fingerprint density at radius 3 is 2.67 bits per heavy atom. The molecule has 0 unspecified atom stereocenters. The number of amides is 1. The molecule has 0 bridgehead atoms. The predicted molar refractivity (Wildman–Crippen MR) is 91.1 cm³/mol. The molecule has 128 valence electrons. The number of rotatable bonds is 7. The lowest BCUT2D eigenvalue weighted by Gasteiger charge is -2.15. The van der Waals surface area contributed by atoms with Gasteiger partial charge in [0.15, 0.2) is 0 Å². The molecule has 0 aliphatic rings. The van der Waals surface area contributed by atoms with Crippen molar-refractivity contribution in [1.29, 1.82) is 0 Å². The van der Waals surface area contributed by atoms with Crippen LogP contribution in [0.2, 0.25) is 5.02 Å². The number of halogens is 1.